The Hall–Kier alpha value is -1.76. The zero-order chi connectivity index (χ0) is 16.4. The highest BCUT2D eigenvalue weighted by Crippen LogP contribution is 2.29. The summed E-state index contributed by atoms with van der Waals surface area (Å²) in [5.41, 5.74) is 0.724. The highest BCUT2D eigenvalue weighted by molar-refractivity contribution is 7.89. The van der Waals surface area contributed by atoms with Crippen LogP contribution < -0.4 is 4.90 Å². The molecule has 1 fully saturated rings. The van der Waals surface area contributed by atoms with Gasteiger partial charge in [0.05, 0.1) is 10.7 Å². The summed E-state index contributed by atoms with van der Waals surface area (Å²) in [6, 6.07) is 13.5. The molecule has 0 aliphatic carbocycles. The summed E-state index contributed by atoms with van der Waals surface area (Å²) >= 11 is 6.02. The first-order valence-electron chi connectivity index (χ1n) is 7.28. The molecular formula is C16H17ClN2O3S. The first kappa shape index (κ1) is 16.1. The lowest BCUT2D eigenvalue weighted by atomic mass is 10.2. The molecular weight excluding hydrogens is 336 g/mol. The molecule has 23 heavy (non-hydrogen) atoms. The third-order valence-corrected chi connectivity index (χ3v) is 6.31. The van der Waals surface area contributed by atoms with Gasteiger partial charge in [0.2, 0.25) is 10.0 Å². The average Bonchev–Trinajstić information content (AvgIpc) is 2.56. The quantitative estimate of drug-likeness (QED) is 0.922. The van der Waals surface area contributed by atoms with Gasteiger partial charge in [-0.05, 0) is 24.3 Å². The standard InChI is InChI=1S/C16H17ClN2O3S/c17-13-5-1-4-8-16(13)23(21,22)19-11-9-18(10-12-19)14-6-2-3-7-15(14)20/h1-8,20H,9-12H2. The lowest BCUT2D eigenvalue weighted by molar-refractivity contribution is 0.382. The number of hydrogen-bond donors (Lipinski definition) is 1. The Balaban J connectivity index is 1.77. The van der Waals surface area contributed by atoms with E-state index in [1.807, 2.05) is 17.0 Å². The Kier molecular flexibility index (Phi) is 4.48. The van der Waals surface area contributed by atoms with Crippen molar-refractivity contribution in [3.05, 3.63) is 53.6 Å². The van der Waals surface area contributed by atoms with Gasteiger partial charge in [0.15, 0.2) is 0 Å². The minimum absolute atomic E-state index is 0.137. The molecule has 2 aromatic carbocycles. The molecule has 3 rings (SSSR count). The van der Waals surface area contributed by atoms with Crippen molar-refractivity contribution in [1.29, 1.82) is 0 Å². The maximum absolute atomic E-state index is 12.7. The van der Waals surface area contributed by atoms with E-state index in [1.54, 1.807) is 30.3 Å². The average molecular weight is 353 g/mol. The number of benzene rings is 2. The van der Waals surface area contributed by atoms with Gasteiger partial charge in [-0.2, -0.15) is 4.31 Å². The van der Waals surface area contributed by atoms with Crippen molar-refractivity contribution in [1.82, 2.24) is 4.31 Å². The van der Waals surface area contributed by atoms with Gasteiger partial charge in [-0.15, -0.1) is 0 Å². The van der Waals surface area contributed by atoms with Gasteiger partial charge in [-0.3, -0.25) is 0 Å². The molecule has 0 unspecified atom stereocenters. The minimum atomic E-state index is -3.60. The van der Waals surface area contributed by atoms with E-state index in [-0.39, 0.29) is 15.7 Å². The lowest BCUT2D eigenvalue weighted by Gasteiger charge is -2.35. The Labute approximate surface area is 140 Å². The number of aromatic hydroxyl groups is 1. The van der Waals surface area contributed by atoms with Gasteiger partial charge in [0.1, 0.15) is 10.6 Å². The molecule has 1 heterocycles. The summed E-state index contributed by atoms with van der Waals surface area (Å²) in [6.07, 6.45) is 0. The van der Waals surface area contributed by atoms with Gasteiger partial charge < -0.3 is 10.0 Å². The molecule has 2 aromatic rings. The van der Waals surface area contributed by atoms with E-state index >= 15 is 0 Å². The van der Waals surface area contributed by atoms with Gasteiger partial charge in [-0.1, -0.05) is 35.9 Å². The van der Waals surface area contributed by atoms with Crippen molar-refractivity contribution in [2.75, 3.05) is 31.1 Å². The number of halogens is 1. The van der Waals surface area contributed by atoms with Crippen molar-refractivity contribution in [2.24, 2.45) is 0 Å². The van der Waals surface area contributed by atoms with E-state index in [0.29, 0.717) is 26.2 Å². The number of para-hydroxylation sites is 2. The van der Waals surface area contributed by atoms with E-state index in [1.165, 1.54) is 10.4 Å². The second-order valence-electron chi connectivity index (χ2n) is 5.31. The number of piperazine rings is 1. The topological polar surface area (TPSA) is 60.9 Å². The smallest absolute Gasteiger partial charge is 0.244 e. The molecule has 122 valence electrons. The summed E-state index contributed by atoms with van der Waals surface area (Å²) in [5.74, 6) is 0.204. The second kappa shape index (κ2) is 6.39. The molecule has 1 aliphatic rings. The van der Waals surface area contributed by atoms with E-state index in [0.717, 1.165) is 5.69 Å². The normalized spacial score (nSPS) is 16.5. The van der Waals surface area contributed by atoms with E-state index < -0.39 is 10.0 Å². The van der Waals surface area contributed by atoms with Crippen molar-refractivity contribution in [3.8, 4) is 5.75 Å². The zero-order valence-electron chi connectivity index (χ0n) is 12.4. The van der Waals surface area contributed by atoms with Crippen LogP contribution in [0.1, 0.15) is 0 Å². The third kappa shape index (κ3) is 3.15. The highest BCUT2D eigenvalue weighted by atomic mass is 35.5. The number of anilines is 1. The molecule has 0 bridgehead atoms. The van der Waals surface area contributed by atoms with Gasteiger partial charge >= 0.3 is 0 Å². The summed E-state index contributed by atoms with van der Waals surface area (Å²) in [5, 5.41) is 10.1. The van der Waals surface area contributed by atoms with Crippen molar-refractivity contribution < 1.29 is 13.5 Å². The number of rotatable bonds is 3. The third-order valence-electron chi connectivity index (χ3n) is 3.92. The van der Waals surface area contributed by atoms with Crippen LogP contribution >= 0.6 is 11.6 Å². The van der Waals surface area contributed by atoms with Crippen LogP contribution in [0.2, 0.25) is 5.02 Å². The molecule has 0 amide bonds. The molecule has 0 atom stereocenters. The molecule has 7 heteroatoms. The second-order valence-corrected chi connectivity index (χ2v) is 7.62. The Morgan fingerprint density at radius 2 is 1.52 bits per heavy atom. The van der Waals surface area contributed by atoms with Crippen LogP contribution in [0.4, 0.5) is 5.69 Å². The number of sulfonamides is 1. The van der Waals surface area contributed by atoms with E-state index in [2.05, 4.69) is 0 Å². The fourth-order valence-electron chi connectivity index (χ4n) is 2.69. The van der Waals surface area contributed by atoms with Crippen molar-refractivity contribution in [2.45, 2.75) is 4.90 Å². The van der Waals surface area contributed by atoms with E-state index in [4.69, 9.17) is 11.6 Å². The molecule has 5 nitrogen and oxygen atoms in total. The predicted molar refractivity (Wildman–Crippen MR) is 90.5 cm³/mol. The summed E-state index contributed by atoms with van der Waals surface area (Å²) in [4.78, 5) is 2.12. The molecule has 0 aromatic heterocycles. The van der Waals surface area contributed by atoms with Crippen LogP contribution in [0.25, 0.3) is 0 Å². The van der Waals surface area contributed by atoms with Gasteiger partial charge in [0, 0.05) is 26.2 Å². The zero-order valence-corrected chi connectivity index (χ0v) is 14.0. The molecule has 0 radical (unpaired) electrons. The van der Waals surface area contributed by atoms with Crippen LogP contribution in [0.3, 0.4) is 0 Å². The summed E-state index contributed by atoms with van der Waals surface area (Å²) < 4.78 is 26.8. The Morgan fingerprint density at radius 1 is 0.913 bits per heavy atom. The maximum atomic E-state index is 12.7. The first-order valence-corrected chi connectivity index (χ1v) is 9.09. The SMILES string of the molecule is O=S(=O)(c1ccccc1Cl)N1CCN(c2ccccc2O)CC1. The van der Waals surface area contributed by atoms with Gasteiger partial charge in [0.25, 0.3) is 0 Å². The number of phenols is 1. The van der Waals surface area contributed by atoms with Crippen LogP contribution in [0.15, 0.2) is 53.4 Å². The largest absolute Gasteiger partial charge is 0.506 e. The molecule has 1 saturated heterocycles. The predicted octanol–water partition coefficient (Wildman–Crippen LogP) is 2.56. The molecule has 0 spiro atoms. The van der Waals surface area contributed by atoms with Crippen LogP contribution in [0.5, 0.6) is 5.75 Å². The Morgan fingerprint density at radius 3 is 2.17 bits per heavy atom. The number of phenolic OH excluding ortho intramolecular Hbond substituents is 1. The fourth-order valence-corrected chi connectivity index (χ4v) is 4.61. The minimum Gasteiger partial charge on any atom is -0.506 e. The first-order chi connectivity index (χ1) is 11.0. The highest BCUT2D eigenvalue weighted by Gasteiger charge is 2.30. The maximum Gasteiger partial charge on any atom is 0.244 e. The van der Waals surface area contributed by atoms with Crippen LogP contribution in [0, 0.1) is 0 Å². The van der Waals surface area contributed by atoms with E-state index in [9.17, 15) is 13.5 Å². The Bertz CT molecular complexity index is 802. The summed E-state index contributed by atoms with van der Waals surface area (Å²) in [7, 11) is -3.60. The van der Waals surface area contributed by atoms with Crippen LogP contribution in [-0.4, -0.2) is 44.0 Å². The number of nitrogens with zero attached hydrogens (tertiary/aromatic N) is 2. The monoisotopic (exact) mass is 352 g/mol. The van der Waals surface area contributed by atoms with Crippen LogP contribution in [-0.2, 0) is 10.0 Å². The van der Waals surface area contributed by atoms with Crippen molar-refractivity contribution in [3.63, 3.8) is 0 Å². The fraction of sp³-hybridized carbons (Fsp3) is 0.250. The lowest BCUT2D eigenvalue weighted by Crippen LogP contribution is -2.48. The molecule has 1 N–H and O–H groups in total. The molecule has 1 aliphatic heterocycles. The number of hydrogen-bond acceptors (Lipinski definition) is 4. The van der Waals surface area contributed by atoms with Crippen molar-refractivity contribution >= 4 is 27.3 Å². The van der Waals surface area contributed by atoms with Gasteiger partial charge in [-0.25, -0.2) is 8.42 Å². The summed E-state index contributed by atoms with van der Waals surface area (Å²) in [6.45, 7) is 1.73. The molecule has 0 saturated carbocycles.